The highest BCUT2D eigenvalue weighted by atomic mass is 79.9. The van der Waals surface area contributed by atoms with Crippen LogP contribution < -0.4 is 10.1 Å². The second-order valence-electron chi connectivity index (χ2n) is 4.73. The van der Waals surface area contributed by atoms with E-state index in [1.807, 2.05) is 13.0 Å². The van der Waals surface area contributed by atoms with Gasteiger partial charge in [-0.1, -0.05) is 15.9 Å². The molecule has 0 amide bonds. The Labute approximate surface area is 124 Å². The first kappa shape index (κ1) is 15.6. The Hall–Kier alpha value is -0.790. The van der Waals surface area contributed by atoms with Crippen molar-refractivity contribution in [3.05, 3.63) is 28.2 Å². The summed E-state index contributed by atoms with van der Waals surface area (Å²) in [6.45, 7) is 5.53. The summed E-state index contributed by atoms with van der Waals surface area (Å²) < 4.78 is 41.5. The summed E-state index contributed by atoms with van der Waals surface area (Å²) >= 11 is 3.23. The van der Waals surface area contributed by atoms with Gasteiger partial charge in [0.05, 0.1) is 0 Å². The fourth-order valence-corrected chi connectivity index (χ4v) is 2.79. The van der Waals surface area contributed by atoms with Gasteiger partial charge in [-0.3, -0.25) is 4.90 Å². The zero-order chi connectivity index (χ0) is 14.8. The zero-order valence-corrected chi connectivity index (χ0v) is 12.6. The van der Waals surface area contributed by atoms with Gasteiger partial charge in [0.25, 0.3) is 0 Å². The number of piperazine rings is 1. The van der Waals surface area contributed by atoms with Gasteiger partial charge in [-0.2, -0.15) is 0 Å². The van der Waals surface area contributed by atoms with Gasteiger partial charge in [0.1, 0.15) is 5.75 Å². The van der Waals surface area contributed by atoms with E-state index < -0.39 is 6.36 Å². The summed E-state index contributed by atoms with van der Waals surface area (Å²) in [7, 11) is 0. The Morgan fingerprint density at radius 1 is 1.25 bits per heavy atom. The van der Waals surface area contributed by atoms with Crippen LogP contribution in [0.15, 0.2) is 22.7 Å². The van der Waals surface area contributed by atoms with Crippen molar-refractivity contribution in [2.24, 2.45) is 0 Å². The van der Waals surface area contributed by atoms with Crippen LogP contribution in [-0.2, 0) is 0 Å². The van der Waals surface area contributed by atoms with E-state index in [-0.39, 0.29) is 11.8 Å². The largest absolute Gasteiger partial charge is 0.573 e. The van der Waals surface area contributed by atoms with Crippen molar-refractivity contribution in [1.29, 1.82) is 0 Å². The summed E-state index contributed by atoms with van der Waals surface area (Å²) in [4.78, 5) is 2.23. The molecule has 1 atom stereocenters. The van der Waals surface area contributed by atoms with E-state index in [0.717, 1.165) is 31.7 Å². The highest BCUT2D eigenvalue weighted by Crippen LogP contribution is 2.31. The van der Waals surface area contributed by atoms with Crippen LogP contribution in [0.3, 0.4) is 0 Å². The number of nitrogens with zero attached hydrogens (tertiary/aromatic N) is 1. The lowest BCUT2D eigenvalue weighted by Gasteiger charge is -2.33. The molecular formula is C13H16BrF3N2O. The fraction of sp³-hybridized carbons (Fsp3) is 0.538. The molecule has 0 unspecified atom stereocenters. The van der Waals surface area contributed by atoms with Gasteiger partial charge in [0.2, 0.25) is 0 Å². The number of benzene rings is 1. The fourth-order valence-electron chi connectivity index (χ4n) is 2.30. The molecule has 1 saturated heterocycles. The molecule has 1 N–H and O–H groups in total. The molecule has 1 aromatic carbocycles. The number of ether oxygens (including phenoxy) is 1. The van der Waals surface area contributed by atoms with Crippen molar-refractivity contribution < 1.29 is 17.9 Å². The van der Waals surface area contributed by atoms with E-state index >= 15 is 0 Å². The molecule has 0 spiro atoms. The minimum Gasteiger partial charge on any atom is -0.406 e. The van der Waals surface area contributed by atoms with Gasteiger partial charge < -0.3 is 10.1 Å². The second-order valence-corrected chi connectivity index (χ2v) is 5.65. The molecule has 3 nitrogen and oxygen atoms in total. The lowest BCUT2D eigenvalue weighted by molar-refractivity contribution is -0.274. The lowest BCUT2D eigenvalue weighted by Crippen LogP contribution is -2.44. The van der Waals surface area contributed by atoms with E-state index in [9.17, 15) is 13.2 Å². The quantitative estimate of drug-likeness (QED) is 0.903. The van der Waals surface area contributed by atoms with E-state index in [1.165, 1.54) is 12.1 Å². The number of nitrogens with one attached hydrogen (secondary N) is 1. The van der Waals surface area contributed by atoms with Gasteiger partial charge in [0, 0.05) is 36.7 Å². The van der Waals surface area contributed by atoms with Crippen molar-refractivity contribution >= 4 is 15.9 Å². The number of halogens is 4. The third-order valence-electron chi connectivity index (χ3n) is 3.31. The molecule has 1 aliphatic rings. The lowest BCUT2D eigenvalue weighted by atomic mass is 10.1. The minimum absolute atomic E-state index is 0.0465. The monoisotopic (exact) mass is 352 g/mol. The van der Waals surface area contributed by atoms with E-state index in [2.05, 4.69) is 30.9 Å². The molecule has 1 aliphatic heterocycles. The highest BCUT2D eigenvalue weighted by molar-refractivity contribution is 9.10. The van der Waals surface area contributed by atoms with Gasteiger partial charge in [0.15, 0.2) is 0 Å². The van der Waals surface area contributed by atoms with Crippen LogP contribution in [0.4, 0.5) is 13.2 Å². The summed E-state index contributed by atoms with van der Waals surface area (Å²) in [6, 6.07) is 4.65. The number of hydrogen-bond donors (Lipinski definition) is 1. The standard InChI is InChI=1S/C13H16BrF3N2O/c1-9(19-4-2-18-3-5-19)10-6-11(14)8-12(7-10)20-13(15,16)17/h6-9,18H,2-5H2,1H3/t9-/m1/s1. The van der Waals surface area contributed by atoms with Crippen LogP contribution in [0.1, 0.15) is 18.5 Å². The zero-order valence-electron chi connectivity index (χ0n) is 11.0. The van der Waals surface area contributed by atoms with Crippen LogP contribution in [0.25, 0.3) is 0 Å². The molecule has 0 saturated carbocycles. The first-order valence-corrected chi connectivity index (χ1v) is 7.15. The summed E-state index contributed by atoms with van der Waals surface area (Å²) in [6.07, 6.45) is -4.67. The van der Waals surface area contributed by atoms with Crippen molar-refractivity contribution in [2.45, 2.75) is 19.3 Å². The van der Waals surface area contributed by atoms with Gasteiger partial charge in [-0.25, -0.2) is 0 Å². The third kappa shape index (κ3) is 4.36. The van der Waals surface area contributed by atoms with Crippen LogP contribution in [0.5, 0.6) is 5.75 Å². The molecule has 0 aromatic heterocycles. The summed E-state index contributed by atoms with van der Waals surface area (Å²) in [5.41, 5.74) is 0.806. The molecule has 1 fully saturated rings. The first-order chi connectivity index (χ1) is 9.35. The van der Waals surface area contributed by atoms with E-state index in [4.69, 9.17) is 0 Å². The van der Waals surface area contributed by atoms with E-state index in [0.29, 0.717) is 4.47 Å². The topological polar surface area (TPSA) is 24.5 Å². The molecule has 2 rings (SSSR count). The Bertz CT molecular complexity index is 461. The highest BCUT2D eigenvalue weighted by Gasteiger charge is 2.31. The molecule has 20 heavy (non-hydrogen) atoms. The molecule has 0 bridgehead atoms. The molecule has 1 aromatic rings. The van der Waals surface area contributed by atoms with Crippen LogP contribution in [0, 0.1) is 0 Å². The first-order valence-electron chi connectivity index (χ1n) is 6.36. The Morgan fingerprint density at radius 2 is 1.90 bits per heavy atom. The molecule has 1 heterocycles. The van der Waals surface area contributed by atoms with Crippen molar-refractivity contribution in [1.82, 2.24) is 10.2 Å². The summed E-state index contributed by atoms with van der Waals surface area (Å²) in [5.74, 6) is -0.191. The van der Waals surface area contributed by atoms with Crippen LogP contribution in [0.2, 0.25) is 0 Å². The maximum Gasteiger partial charge on any atom is 0.573 e. The third-order valence-corrected chi connectivity index (χ3v) is 3.77. The molecular weight excluding hydrogens is 337 g/mol. The SMILES string of the molecule is C[C@H](c1cc(Br)cc(OC(F)(F)F)c1)N1CCNCC1. The smallest absolute Gasteiger partial charge is 0.406 e. The minimum atomic E-state index is -4.67. The maximum absolute atomic E-state index is 12.3. The number of hydrogen-bond acceptors (Lipinski definition) is 3. The molecule has 0 aliphatic carbocycles. The normalized spacial score (nSPS) is 18.9. The number of rotatable bonds is 3. The van der Waals surface area contributed by atoms with Crippen LogP contribution in [-0.4, -0.2) is 37.4 Å². The van der Waals surface area contributed by atoms with Gasteiger partial charge in [-0.15, -0.1) is 13.2 Å². The average Bonchev–Trinajstić information content (AvgIpc) is 2.36. The van der Waals surface area contributed by atoms with Gasteiger partial charge in [-0.05, 0) is 30.7 Å². The maximum atomic E-state index is 12.3. The predicted molar refractivity (Wildman–Crippen MR) is 73.7 cm³/mol. The predicted octanol–water partition coefficient (Wildman–Crippen LogP) is 3.31. The van der Waals surface area contributed by atoms with Crippen LogP contribution >= 0.6 is 15.9 Å². The average molecular weight is 353 g/mol. The number of alkyl halides is 3. The Kier molecular flexibility index (Phi) is 4.93. The second kappa shape index (κ2) is 6.32. The Morgan fingerprint density at radius 3 is 2.50 bits per heavy atom. The van der Waals surface area contributed by atoms with E-state index in [1.54, 1.807) is 0 Å². The molecule has 112 valence electrons. The molecule has 0 radical (unpaired) electrons. The summed E-state index contributed by atoms with van der Waals surface area (Å²) in [5, 5.41) is 3.25. The van der Waals surface area contributed by atoms with Gasteiger partial charge >= 0.3 is 6.36 Å². The Balaban J connectivity index is 2.18. The van der Waals surface area contributed by atoms with Crippen molar-refractivity contribution in [2.75, 3.05) is 26.2 Å². The van der Waals surface area contributed by atoms with Crippen molar-refractivity contribution in [3.8, 4) is 5.75 Å². The molecule has 7 heteroatoms. The van der Waals surface area contributed by atoms with Crippen molar-refractivity contribution in [3.63, 3.8) is 0 Å².